The van der Waals surface area contributed by atoms with Crippen LogP contribution in [0.15, 0.2) is 91.0 Å². The Hall–Kier alpha value is -3.60. The van der Waals surface area contributed by atoms with Crippen LogP contribution in [0.1, 0.15) is 30.9 Å². The molecule has 0 aliphatic rings. The Bertz CT molecular complexity index is 978. The lowest BCUT2D eigenvalue weighted by atomic mass is 10.0. The Morgan fingerprint density at radius 1 is 0.848 bits per heavy atom. The van der Waals surface area contributed by atoms with Crippen LogP contribution in [-0.2, 0) is 22.6 Å². The minimum absolute atomic E-state index is 0.135. The van der Waals surface area contributed by atoms with Crippen LogP contribution in [0.3, 0.4) is 0 Å². The highest BCUT2D eigenvalue weighted by atomic mass is 16.5. The molecular formula is C28H32N2O3. The molecule has 1 N–H and O–H groups in total. The first-order valence-electron chi connectivity index (χ1n) is 11.5. The Balaban J connectivity index is 1.85. The Kier molecular flexibility index (Phi) is 9.52. The lowest BCUT2D eigenvalue weighted by Crippen LogP contribution is -2.51. The number of carbonyl (C=O) groups excluding carboxylic acids is 2. The van der Waals surface area contributed by atoms with Crippen LogP contribution in [0, 0.1) is 0 Å². The number of para-hydroxylation sites is 1. The van der Waals surface area contributed by atoms with Gasteiger partial charge in [-0.2, -0.15) is 0 Å². The highest BCUT2D eigenvalue weighted by Gasteiger charge is 2.30. The molecule has 0 heterocycles. The Morgan fingerprint density at radius 3 is 2.03 bits per heavy atom. The zero-order valence-corrected chi connectivity index (χ0v) is 19.2. The minimum Gasteiger partial charge on any atom is -0.484 e. The number of carbonyl (C=O) groups is 2. The van der Waals surface area contributed by atoms with Gasteiger partial charge in [-0.3, -0.25) is 9.59 Å². The van der Waals surface area contributed by atoms with Gasteiger partial charge >= 0.3 is 0 Å². The molecule has 3 rings (SSSR count). The minimum atomic E-state index is -0.642. The number of rotatable bonds is 12. The Labute approximate surface area is 196 Å². The van der Waals surface area contributed by atoms with E-state index in [1.807, 2.05) is 91.0 Å². The van der Waals surface area contributed by atoms with Crippen molar-refractivity contribution in [3.8, 4) is 5.75 Å². The maximum atomic E-state index is 13.4. The molecule has 1 atom stereocenters. The number of unbranched alkanes of at least 4 members (excludes halogenated alkanes) is 1. The van der Waals surface area contributed by atoms with Crippen LogP contribution in [-0.4, -0.2) is 35.9 Å². The summed E-state index contributed by atoms with van der Waals surface area (Å²) in [5, 5.41) is 3.03. The number of hydrogen-bond donors (Lipinski definition) is 1. The number of benzene rings is 3. The molecule has 0 fully saturated rings. The molecule has 0 bridgehead atoms. The van der Waals surface area contributed by atoms with Gasteiger partial charge in [-0.25, -0.2) is 0 Å². The van der Waals surface area contributed by atoms with E-state index in [0.717, 1.165) is 24.0 Å². The SMILES string of the molecule is CCCCNC(=O)[C@H](Cc1ccccc1)N(Cc1ccccc1)C(=O)COc1ccccc1. The molecule has 5 nitrogen and oxygen atoms in total. The molecule has 0 radical (unpaired) electrons. The smallest absolute Gasteiger partial charge is 0.261 e. The van der Waals surface area contributed by atoms with Gasteiger partial charge in [0.25, 0.3) is 5.91 Å². The van der Waals surface area contributed by atoms with Crippen molar-refractivity contribution in [2.75, 3.05) is 13.2 Å². The standard InChI is InChI=1S/C28H32N2O3/c1-2-3-19-29-28(32)26(20-23-13-7-4-8-14-23)30(21-24-15-9-5-10-16-24)27(31)22-33-25-17-11-6-12-18-25/h4-18,26H,2-3,19-22H2,1H3,(H,29,32)/t26-/m0/s1. The molecule has 0 aliphatic heterocycles. The Morgan fingerprint density at radius 2 is 1.42 bits per heavy atom. The van der Waals surface area contributed by atoms with Crippen molar-refractivity contribution in [2.45, 2.75) is 38.8 Å². The van der Waals surface area contributed by atoms with Crippen LogP contribution >= 0.6 is 0 Å². The quantitative estimate of drug-likeness (QED) is 0.415. The summed E-state index contributed by atoms with van der Waals surface area (Å²) in [4.78, 5) is 28.3. The topological polar surface area (TPSA) is 58.6 Å². The zero-order chi connectivity index (χ0) is 23.3. The van der Waals surface area contributed by atoms with Crippen LogP contribution in [0.25, 0.3) is 0 Å². The second-order valence-electron chi connectivity index (χ2n) is 7.96. The molecule has 3 aromatic carbocycles. The third-order valence-corrected chi connectivity index (χ3v) is 5.40. The lowest BCUT2D eigenvalue weighted by molar-refractivity contribution is -0.142. The highest BCUT2D eigenvalue weighted by molar-refractivity contribution is 5.88. The van der Waals surface area contributed by atoms with Crippen molar-refractivity contribution in [3.05, 3.63) is 102 Å². The van der Waals surface area contributed by atoms with Gasteiger partial charge < -0.3 is 15.0 Å². The van der Waals surface area contributed by atoms with Crippen molar-refractivity contribution in [1.29, 1.82) is 0 Å². The van der Waals surface area contributed by atoms with Crippen LogP contribution in [0.2, 0.25) is 0 Å². The van der Waals surface area contributed by atoms with E-state index in [4.69, 9.17) is 4.74 Å². The largest absolute Gasteiger partial charge is 0.484 e. The summed E-state index contributed by atoms with van der Waals surface area (Å²) < 4.78 is 5.74. The van der Waals surface area contributed by atoms with Gasteiger partial charge in [0.2, 0.25) is 5.91 Å². The molecule has 0 saturated carbocycles. The zero-order valence-electron chi connectivity index (χ0n) is 19.2. The normalized spacial score (nSPS) is 11.4. The fraction of sp³-hybridized carbons (Fsp3) is 0.286. The van der Waals surface area contributed by atoms with Crippen LogP contribution < -0.4 is 10.1 Å². The van der Waals surface area contributed by atoms with Crippen molar-refractivity contribution in [1.82, 2.24) is 10.2 Å². The number of nitrogens with one attached hydrogen (secondary N) is 1. The van der Waals surface area contributed by atoms with Gasteiger partial charge in [-0.05, 0) is 29.7 Å². The predicted molar refractivity (Wildman–Crippen MR) is 131 cm³/mol. The summed E-state index contributed by atoms with van der Waals surface area (Å²) in [5.41, 5.74) is 1.97. The third kappa shape index (κ3) is 7.79. The summed E-state index contributed by atoms with van der Waals surface area (Å²) in [6.45, 7) is 2.87. The molecule has 172 valence electrons. The van der Waals surface area contributed by atoms with Crippen molar-refractivity contribution in [3.63, 3.8) is 0 Å². The van der Waals surface area contributed by atoms with Gasteiger partial charge in [0.1, 0.15) is 11.8 Å². The average Bonchev–Trinajstić information content (AvgIpc) is 2.86. The van der Waals surface area contributed by atoms with E-state index in [-0.39, 0.29) is 18.4 Å². The van der Waals surface area contributed by atoms with Crippen molar-refractivity contribution < 1.29 is 14.3 Å². The first-order chi connectivity index (χ1) is 16.2. The molecule has 0 aliphatic carbocycles. The van der Waals surface area contributed by atoms with Gasteiger partial charge in [0.15, 0.2) is 6.61 Å². The second-order valence-corrected chi connectivity index (χ2v) is 7.96. The van der Waals surface area contributed by atoms with Crippen LogP contribution in [0.4, 0.5) is 0 Å². The van der Waals surface area contributed by atoms with Crippen molar-refractivity contribution in [2.24, 2.45) is 0 Å². The van der Waals surface area contributed by atoms with Gasteiger partial charge in [-0.1, -0.05) is 92.2 Å². The van der Waals surface area contributed by atoms with E-state index in [1.54, 1.807) is 4.90 Å². The fourth-order valence-electron chi connectivity index (χ4n) is 3.58. The molecule has 0 spiro atoms. The molecule has 5 heteroatoms. The maximum absolute atomic E-state index is 13.4. The van der Waals surface area contributed by atoms with E-state index < -0.39 is 6.04 Å². The molecule has 3 aromatic rings. The number of nitrogens with zero attached hydrogens (tertiary/aromatic N) is 1. The maximum Gasteiger partial charge on any atom is 0.261 e. The first-order valence-corrected chi connectivity index (χ1v) is 11.5. The van der Waals surface area contributed by atoms with Crippen LogP contribution in [0.5, 0.6) is 5.75 Å². The molecule has 0 saturated heterocycles. The predicted octanol–water partition coefficient (Wildman–Crippen LogP) is 4.62. The number of hydrogen-bond acceptors (Lipinski definition) is 3. The van der Waals surface area contributed by atoms with E-state index >= 15 is 0 Å². The fourth-order valence-corrected chi connectivity index (χ4v) is 3.58. The van der Waals surface area contributed by atoms with E-state index in [0.29, 0.717) is 25.3 Å². The monoisotopic (exact) mass is 444 g/mol. The third-order valence-electron chi connectivity index (χ3n) is 5.40. The summed E-state index contributed by atoms with van der Waals surface area (Å²) in [6, 6.07) is 28.2. The van der Waals surface area contributed by atoms with Gasteiger partial charge in [-0.15, -0.1) is 0 Å². The summed E-state index contributed by atoms with van der Waals surface area (Å²) >= 11 is 0. The molecule has 2 amide bonds. The molecule has 0 unspecified atom stereocenters. The van der Waals surface area contributed by atoms with Gasteiger partial charge in [0.05, 0.1) is 0 Å². The number of amides is 2. The lowest BCUT2D eigenvalue weighted by Gasteiger charge is -2.31. The number of ether oxygens (including phenoxy) is 1. The first kappa shape index (κ1) is 24.1. The second kappa shape index (κ2) is 13.1. The average molecular weight is 445 g/mol. The van der Waals surface area contributed by atoms with Crippen molar-refractivity contribution >= 4 is 11.8 Å². The summed E-state index contributed by atoms with van der Waals surface area (Å²) in [5.74, 6) is 0.253. The highest BCUT2D eigenvalue weighted by Crippen LogP contribution is 2.16. The van der Waals surface area contributed by atoms with E-state index in [2.05, 4.69) is 12.2 Å². The van der Waals surface area contributed by atoms with E-state index in [9.17, 15) is 9.59 Å². The van der Waals surface area contributed by atoms with Gasteiger partial charge in [0, 0.05) is 19.5 Å². The molecular weight excluding hydrogens is 412 g/mol. The molecule has 0 aromatic heterocycles. The van der Waals surface area contributed by atoms with E-state index in [1.165, 1.54) is 0 Å². The summed E-state index contributed by atoms with van der Waals surface area (Å²) in [6.07, 6.45) is 2.32. The molecule has 33 heavy (non-hydrogen) atoms. The summed E-state index contributed by atoms with van der Waals surface area (Å²) in [7, 11) is 0.